The second kappa shape index (κ2) is 20.2. The van der Waals surface area contributed by atoms with Crippen LogP contribution in [0.2, 0.25) is 0 Å². The average molecular weight is 585 g/mol. The van der Waals surface area contributed by atoms with Gasteiger partial charge in [-0.3, -0.25) is 4.79 Å². The second-order valence-corrected chi connectivity index (χ2v) is 10.8. The number of carbonyl (C=O) groups excluding carboxylic acids is 3. The number of cyclic esters (lactones) is 1. The maximum atomic E-state index is 12.6. The maximum Gasteiger partial charge on any atom is 0.404 e. The summed E-state index contributed by atoms with van der Waals surface area (Å²) in [7, 11) is 0. The molecule has 2 amide bonds. The molecule has 0 aliphatic carbocycles. The largest absolute Gasteiger partial charge is 0.458 e. The molecule has 0 radical (unpaired) electrons. The SMILES string of the molecule is CC(C)=CC(=O)N/C=C/C(C)=C/[C@@H](C)[C@H]1C/C(C)=C\C=C/CC[C@H](OC(N)=O)[C@@H](O)/C=C\[C@@H](O)CCC/C=C\C(=O)O1. The molecule has 1 heterocycles. The number of hydrogen-bond acceptors (Lipinski definition) is 7. The Morgan fingerprint density at radius 2 is 1.88 bits per heavy atom. The van der Waals surface area contributed by atoms with Gasteiger partial charge in [-0.25, -0.2) is 9.59 Å². The molecule has 0 unspecified atom stereocenters. The van der Waals surface area contributed by atoms with Crippen LogP contribution in [0.1, 0.15) is 73.1 Å². The molecule has 0 saturated heterocycles. The van der Waals surface area contributed by atoms with E-state index >= 15 is 0 Å². The number of hydrogen-bond donors (Lipinski definition) is 4. The summed E-state index contributed by atoms with van der Waals surface area (Å²) in [5.41, 5.74) is 7.98. The Labute approximate surface area is 250 Å². The minimum Gasteiger partial charge on any atom is -0.458 e. The van der Waals surface area contributed by atoms with Gasteiger partial charge in [-0.2, -0.15) is 0 Å². The summed E-state index contributed by atoms with van der Waals surface area (Å²) in [6.07, 6.45) is 17.3. The fraction of sp³-hybridized carbons (Fsp3) is 0.485. The molecule has 0 bridgehead atoms. The van der Waals surface area contributed by atoms with Gasteiger partial charge < -0.3 is 30.7 Å². The predicted octanol–water partition coefficient (Wildman–Crippen LogP) is 5.23. The Morgan fingerprint density at radius 3 is 2.57 bits per heavy atom. The van der Waals surface area contributed by atoms with Gasteiger partial charge >= 0.3 is 12.1 Å². The summed E-state index contributed by atoms with van der Waals surface area (Å²) in [5, 5.41) is 23.4. The molecule has 9 heteroatoms. The van der Waals surface area contributed by atoms with Crippen molar-refractivity contribution >= 4 is 18.0 Å². The Morgan fingerprint density at radius 1 is 1.14 bits per heavy atom. The van der Waals surface area contributed by atoms with Crippen LogP contribution in [0, 0.1) is 5.92 Å². The standard InChI is InChI=1S/C33H48N2O7/c1-23(2)20-31(38)35-19-18-25(4)21-26(5)30-22-24(3)12-8-6-10-14-29(42-33(34)40)28(37)17-16-27(36)13-9-7-11-15-32(39)41-30/h6,8,11-12,15-21,26-30,36-37H,7,9-10,13-14,22H2,1-5H3,(H2,34,40)(H,35,38)/b8-6-,15-11-,17-16-,19-18+,24-12-,25-21+/t26-,27+,28+,29+,30-/m1/s1. The van der Waals surface area contributed by atoms with Gasteiger partial charge in [0.2, 0.25) is 5.91 Å². The first-order chi connectivity index (χ1) is 19.9. The molecule has 0 aromatic heterocycles. The number of aliphatic hydroxyl groups is 2. The Hall–Kier alpha value is -3.69. The minimum absolute atomic E-state index is 0.124. The number of esters is 1. The summed E-state index contributed by atoms with van der Waals surface area (Å²) in [6.45, 7) is 9.54. The van der Waals surface area contributed by atoms with E-state index in [1.54, 1.807) is 18.4 Å². The monoisotopic (exact) mass is 584 g/mol. The Bertz CT molecular complexity index is 1090. The van der Waals surface area contributed by atoms with Crippen LogP contribution in [0.5, 0.6) is 0 Å². The highest BCUT2D eigenvalue weighted by Gasteiger charge is 2.21. The van der Waals surface area contributed by atoms with E-state index in [-0.39, 0.29) is 11.8 Å². The molecule has 0 aromatic carbocycles. The molecule has 42 heavy (non-hydrogen) atoms. The Balaban J connectivity index is 3.09. The topological polar surface area (TPSA) is 148 Å². The van der Waals surface area contributed by atoms with Crippen LogP contribution in [0.15, 0.2) is 83.7 Å². The first-order valence-corrected chi connectivity index (χ1v) is 14.4. The molecule has 0 spiro atoms. The lowest BCUT2D eigenvalue weighted by Gasteiger charge is -2.22. The molecule has 5 atom stereocenters. The zero-order chi connectivity index (χ0) is 31.5. The smallest absolute Gasteiger partial charge is 0.404 e. The van der Waals surface area contributed by atoms with Gasteiger partial charge in [0.1, 0.15) is 18.3 Å². The fourth-order valence-corrected chi connectivity index (χ4v) is 4.17. The van der Waals surface area contributed by atoms with Crippen molar-refractivity contribution in [3.05, 3.63) is 83.7 Å². The third-order valence-corrected chi connectivity index (χ3v) is 6.33. The predicted molar refractivity (Wildman–Crippen MR) is 165 cm³/mol. The Kier molecular flexibility index (Phi) is 17.5. The number of ether oxygens (including phenoxy) is 2. The number of nitrogens with one attached hydrogen (secondary N) is 1. The number of nitrogens with two attached hydrogens (primary N) is 1. The molecule has 0 saturated carbocycles. The zero-order valence-electron chi connectivity index (χ0n) is 25.5. The van der Waals surface area contributed by atoms with Gasteiger partial charge in [-0.05, 0) is 65.9 Å². The molecule has 9 nitrogen and oxygen atoms in total. The number of allylic oxidation sites excluding steroid dienone is 7. The van der Waals surface area contributed by atoms with Crippen LogP contribution in [-0.2, 0) is 19.1 Å². The van der Waals surface area contributed by atoms with Crippen LogP contribution in [0.25, 0.3) is 0 Å². The highest BCUT2D eigenvalue weighted by atomic mass is 16.6. The minimum atomic E-state index is -1.11. The van der Waals surface area contributed by atoms with E-state index < -0.39 is 36.5 Å². The number of primary amides is 1. The number of amides is 2. The van der Waals surface area contributed by atoms with Crippen molar-refractivity contribution in [2.24, 2.45) is 11.7 Å². The van der Waals surface area contributed by atoms with Crippen molar-refractivity contribution in [2.45, 2.75) is 97.6 Å². The van der Waals surface area contributed by atoms with Crippen molar-refractivity contribution in [1.82, 2.24) is 5.32 Å². The van der Waals surface area contributed by atoms with Crippen LogP contribution >= 0.6 is 0 Å². The summed E-state index contributed by atoms with van der Waals surface area (Å²) in [6, 6.07) is 0. The first-order valence-electron chi connectivity index (χ1n) is 14.4. The normalized spacial score (nSPS) is 27.8. The van der Waals surface area contributed by atoms with E-state index in [0.717, 1.165) is 16.7 Å². The van der Waals surface area contributed by atoms with Gasteiger partial charge in [0, 0.05) is 30.7 Å². The van der Waals surface area contributed by atoms with Crippen molar-refractivity contribution < 1.29 is 34.1 Å². The third kappa shape index (κ3) is 17.2. The van der Waals surface area contributed by atoms with Crippen molar-refractivity contribution in [3.8, 4) is 0 Å². The van der Waals surface area contributed by atoms with E-state index in [4.69, 9.17) is 15.2 Å². The summed E-state index contributed by atoms with van der Waals surface area (Å²) < 4.78 is 10.9. The second-order valence-electron chi connectivity index (χ2n) is 10.8. The fourth-order valence-electron chi connectivity index (χ4n) is 4.17. The molecule has 1 aliphatic rings. The average Bonchev–Trinajstić information content (AvgIpc) is 2.89. The summed E-state index contributed by atoms with van der Waals surface area (Å²) in [5.74, 6) is -0.764. The van der Waals surface area contributed by atoms with Gasteiger partial charge in [-0.15, -0.1) is 0 Å². The van der Waals surface area contributed by atoms with Crippen molar-refractivity contribution in [1.29, 1.82) is 0 Å². The highest BCUT2D eigenvalue weighted by Crippen LogP contribution is 2.21. The van der Waals surface area contributed by atoms with Crippen LogP contribution in [-0.4, -0.2) is 52.6 Å². The summed E-state index contributed by atoms with van der Waals surface area (Å²) >= 11 is 0. The molecule has 1 rings (SSSR count). The van der Waals surface area contributed by atoms with Crippen molar-refractivity contribution in [3.63, 3.8) is 0 Å². The van der Waals surface area contributed by atoms with Crippen LogP contribution < -0.4 is 11.1 Å². The van der Waals surface area contributed by atoms with E-state index in [2.05, 4.69) is 5.32 Å². The number of carbonyl (C=O) groups is 3. The van der Waals surface area contributed by atoms with Crippen LogP contribution in [0.3, 0.4) is 0 Å². The lowest BCUT2D eigenvalue weighted by atomic mass is 9.95. The van der Waals surface area contributed by atoms with Gasteiger partial charge in [-0.1, -0.05) is 66.2 Å². The molecule has 0 aromatic rings. The molecule has 1 aliphatic heterocycles. The first kappa shape index (κ1) is 36.3. The third-order valence-electron chi connectivity index (χ3n) is 6.33. The zero-order valence-corrected chi connectivity index (χ0v) is 25.5. The van der Waals surface area contributed by atoms with E-state index in [1.165, 1.54) is 24.3 Å². The molecular formula is C33H48N2O7. The van der Waals surface area contributed by atoms with Gasteiger partial charge in [0.15, 0.2) is 0 Å². The molecular weight excluding hydrogens is 536 g/mol. The molecule has 232 valence electrons. The lowest BCUT2D eigenvalue weighted by molar-refractivity contribution is -0.144. The molecule has 5 N–H and O–H groups in total. The van der Waals surface area contributed by atoms with Crippen molar-refractivity contribution in [2.75, 3.05) is 0 Å². The van der Waals surface area contributed by atoms with Gasteiger partial charge in [0.05, 0.1) is 6.10 Å². The summed E-state index contributed by atoms with van der Waals surface area (Å²) in [4.78, 5) is 35.8. The number of aliphatic hydroxyl groups excluding tert-OH is 2. The van der Waals surface area contributed by atoms with E-state index in [0.29, 0.717) is 38.5 Å². The van der Waals surface area contributed by atoms with E-state index in [1.807, 2.05) is 58.9 Å². The quantitative estimate of drug-likeness (QED) is 0.145. The highest BCUT2D eigenvalue weighted by molar-refractivity contribution is 5.88. The van der Waals surface area contributed by atoms with E-state index in [9.17, 15) is 24.6 Å². The van der Waals surface area contributed by atoms with Gasteiger partial charge in [0.25, 0.3) is 0 Å². The molecule has 0 fully saturated rings. The lowest BCUT2D eigenvalue weighted by Crippen LogP contribution is -2.32. The number of rotatable bonds is 6. The maximum absolute atomic E-state index is 12.6. The van der Waals surface area contributed by atoms with Crippen LogP contribution in [0.4, 0.5) is 4.79 Å².